The summed E-state index contributed by atoms with van der Waals surface area (Å²) in [5, 5.41) is 10.7. The maximum Gasteiger partial charge on any atom is 0.305 e. The second kappa shape index (κ2) is 5.72. The van der Waals surface area contributed by atoms with E-state index in [1.807, 2.05) is 19.0 Å². The fourth-order valence-corrected chi connectivity index (χ4v) is 2.38. The highest BCUT2D eigenvalue weighted by molar-refractivity contribution is 5.95. The van der Waals surface area contributed by atoms with Crippen LogP contribution in [0.1, 0.15) is 16.8 Å². The van der Waals surface area contributed by atoms with Crippen LogP contribution in [0.2, 0.25) is 0 Å². The summed E-state index contributed by atoms with van der Waals surface area (Å²) in [6, 6.07) is 1.57. The summed E-state index contributed by atoms with van der Waals surface area (Å²) in [6.07, 6.45) is 0.691. The summed E-state index contributed by atoms with van der Waals surface area (Å²) in [7, 11) is 3.71. The van der Waals surface area contributed by atoms with E-state index in [0.29, 0.717) is 25.6 Å². The molecule has 0 bridgehead atoms. The highest BCUT2D eigenvalue weighted by Crippen LogP contribution is 2.26. The van der Waals surface area contributed by atoms with Crippen LogP contribution in [0, 0.1) is 21.7 Å². The number of likely N-dealkylation sites (N-methyl/N-ethyl adjacent to an activating group) is 1. The first-order valence-corrected chi connectivity index (χ1v) is 6.41. The van der Waals surface area contributed by atoms with Gasteiger partial charge in [0.25, 0.3) is 5.91 Å². The minimum atomic E-state index is -1.42. The number of hydrogen-bond donors (Lipinski definition) is 0. The molecule has 1 amide bonds. The molecule has 21 heavy (non-hydrogen) atoms. The van der Waals surface area contributed by atoms with Gasteiger partial charge in [-0.25, -0.2) is 4.39 Å². The molecule has 1 saturated heterocycles. The normalized spacial score (nSPS) is 18.3. The van der Waals surface area contributed by atoms with Crippen LogP contribution in [-0.4, -0.2) is 53.9 Å². The third-order valence-corrected chi connectivity index (χ3v) is 3.66. The van der Waals surface area contributed by atoms with Gasteiger partial charge in [0.15, 0.2) is 0 Å². The van der Waals surface area contributed by atoms with Crippen molar-refractivity contribution in [3.05, 3.63) is 39.4 Å². The lowest BCUT2D eigenvalue weighted by Gasteiger charge is -2.20. The number of nitrogens with zero attached hydrogens (tertiary/aromatic N) is 3. The third-order valence-electron chi connectivity index (χ3n) is 3.66. The molecule has 2 rings (SSSR count). The maximum absolute atomic E-state index is 14.0. The van der Waals surface area contributed by atoms with Crippen molar-refractivity contribution < 1.29 is 18.5 Å². The fraction of sp³-hybridized carbons (Fsp3) is 0.462. The molecule has 114 valence electrons. The average Bonchev–Trinajstić information content (AvgIpc) is 2.87. The number of likely N-dealkylation sites (tertiary alicyclic amines) is 1. The number of benzene rings is 1. The summed E-state index contributed by atoms with van der Waals surface area (Å²) in [5.41, 5.74) is -1.76. The molecule has 1 atom stereocenters. The molecule has 0 spiro atoms. The molecular weight excluding hydrogens is 284 g/mol. The van der Waals surface area contributed by atoms with E-state index in [0.717, 1.165) is 6.07 Å². The zero-order valence-corrected chi connectivity index (χ0v) is 11.7. The van der Waals surface area contributed by atoms with Gasteiger partial charge in [0.1, 0.15) is 11.4 Å². The smallest absolute Gasteiger partial charge is 0.305 e. The first-order valence-electron chi connectivity index (χ1n) is 6.41. The highest BCUT2D eigenvalue weighted by Gasteiger charge is 2.33. The Morgan fingerprint density at radius 2 is 2.10 bits per heavy atom. The van der Waals surface area contributed by atoms with Crippen LogP contribution in [0.3, 0.4) is 0 Å². The highest BCUT2D eigenvalue weighted by atomic mass is 19.1. The molecule has 0 aromatic heterocycles. The van der Waals surface area contributed by atoms with Crippen LogP contribution in [0.5, 0.6) is 0 Å². The summed E-state index contributed by atoms with van der Waals surface area (Å²) in [6.45, 7) is 0.705. The second-order valence-corrected chi connectivity index (χ2v) is 5.17. The van der Waals surface area contributed by atoms with Crippen LogP contribution in [0.15, 0.2) is 12.1 Å². The third kappa shape index (κ3) is 2.85. The molecule has 8 heteroatoms. The minimum Gasteiger partial charge on any atom is -0.337 e. The Kier molecular flexibility index (Phi) is 4.17. The lowest BCUT2D eigenvalue weighted by Crippen LogP contribution is -2.35. The monoisotopic (exact) mass is 299 g/mol. The van der Waals surface area contributed by atoms with Crippen LogP contribution >= 0.6 is 0 Å². The van der Waals surface area contributed by atoms with E-state index in [1.54, 1.807) is 0 Å². The van der Waals surface area contributed by atoms with E-state index >= 15 is 0 Å². The van der Waals surface area contributed by atoms with Gasteiger partial charge in [0.2, 0.25) is 5.82 Å². The van der Waals surface area contributed by atoms with Gasteiger partial charge in [0, 0.05) is 25.2 Å². The number of nitro benzene ring substituents is 1. The second-order valence-electron chi connectivity index (χ2n) is 5.17. The largest absolute Gasteiger partial charge is 0.337 e. The Balaban J connectivity index is 2.32. The first-order chi connectivity index (χ1) is 9.82. The number of amides is 1. The first kappa shape index (κ1) is 15.3. The van der Waals surface area contributed by atoms with Gasteiger partial charge in [-0.1, -0.05) is 0 Å². The Morgan fingerprint density at radius 1 is 1.43 bits per heavy atom. The Labute approximate surface area is 120 Å². The molecule has 0 N–H and O–H groups in total. The van der Waals surface area contributed by atoms with Crippen LogP contribution in [-0.2, 0) is 0 Å². The molecule has 0 aliphatic carbocycles. The Bertz CT molecular complexity index is 592. The predicted molar refractivity (Wildman–Crippen MR) is 71.0 cm³/mol. The van der Waals surface area contributed by atoms with Gasteiger partial charge in [-0.2, -0.15) is 4.39 Å². The van der Waals surface area contributed by atoms with E-state index in [9.17, 15) is 23.7 Å². The SMILES string of the molecule is CN(C)C1CCN(C(=O)c2c(F)ccc([N+](=O)[O-])c2F)C1. The zero-order valence-electron chi connectivity index (χ0n) is 11.7. The molecule has 1 heterocycles. The Hall–Kier alpha value is -2.09. The maximum atomic E-state index is 14.0. The molecule has 1 aliphatic rings. The van der Waals surface area contributed by atoms with E-state index < -0.39 is 33.7 Å². The van der Waals surface area contributed by atoms with Crippen molar-refractivity contribution in [2.45, 2.75) is 12.5 Å². The lowest BCUT2D eigenvalue weighted by atomic mass is 10.1. The van der Waals surface area contributed by atoms with Crippen molar-refractivity contribution in [3.63, 3.8) is 0 Å². The molecule has 1 fully saturated rings. The number of nitro groups is 1. The molecule has 1 aromatic carbocycles. The Morgan fingerprint density at radius 3 is 2.62 bits per heavy atom. The van der Waals surface area contributed by atoms with E-state index in [-0.39, 0.29) is 6.04 Å². The fourth-order valence-electron chi connectivity index (χ4n) is 2.38. The van der Waals surface area contributed by atoms with Crippen molar-refractivity contribution in [3.8, 4) is 0 Å². The summed E-state index contributed by atoms with van der Waals surface area (Å²) < 4.78 is 27.7. The van der Waals surface area contributed by atoms with Gasteiger partial charge in [-0.15, -0.1) is 0 Å². The van der Waals surface area contributed by atoms with Crippen molar-refractivity contribution in [1.29, 1.82) is 0 Å². The molecule has 0 radical (unpaired) electrons. The number of hydrogen-bond acceptors (Lipinski definition) is 4. The summed E-state index contributed by atoms with van der Waals surface area (Å²) in [5.74, 6) is -3.35. The van der Waals surface area contributed by atoms with Crippen molar-refractivity contribution >= 4 is 11.6 Å². The van der Waals surface area contributed by atoms with Gasteiger partial charge in [-0.3, -0.25) is 14.9 Å². The van der Waals surface area contributed by atoms with Crippen LogP contribution < -0.4 is 0 Å². The van der Waals surface area contributed by atoms with E-state index in [4.69, 9.17) is 0 Å². The molecule has 6 nitrogen and oxygen atoms in total. The molecule has 1 unspecified atom stereocenters. The molecule has 1 aliphatic heterocycles. The van der Waals surface area contributed by atoms with Gasteiger partial charge >= 0.3 is 5.69 Å². The summed E-state index contributed by atoms with van der Waals surface area (Å²) >= 11 is 0. The van der Waals surface area contributed by atoms with Crippen molar-refractivity contribution in [1.82, 2.24) is 9.80 Å². The number of carbonyl (C=O) groups excluding carboxylic acids is 1. The van der Waals surface area contributed by atoms with Gasteiger partial charge < -0.3 is 9.80 Å². The average molecular weight is 299 g/mol. The van der Waals surface area contributed by atoms with E-state index in [2.05, 4.69) is 0 Å². The lowest BCUT2D eigenvalue weighted by molar-refractivity contribution is -0.387. The van der Waals surface area contributed by atoms with Gasteiger partial charge in [-0.05, 0) is 26.6 Å². The molecule has 0 saturated carbocycles. The zero-order chi connectivity index (χ0) is 15.7. The van der Waals surface area contributed by atoms with Crippen molar-refractivity contribution in [2.75, 3.05) is 27.2 Å². The number of carbonyl (C=O) groups is 1. The summed E-state index contributed by atoms with van der Waals surface area (Å²) in [4.78, 5) is 25.2. The molecule has 1 aromatic rings. The quantitative estimate of drug-likeness (QED) is 0.629. The van der Waals surface area contributed by atoms with E-state index in [1.165, 1.54) is 4.90 Å². The standard InChI is InChI=1S/C13H15F2N3O3/c1-16(2)8-5-6-17(7-8)13(19)11-9(14)3-4-10(12(11)15)18(20)21/h3-4,8H,5-7H2,1-2H3. The topological polar surface area (TPSA) is 66.7 Å². The van der Waals surface area contributed by atoms with Crippen LogP contribution in [0.4, 0.5) is 14.5 Å². The van der Waals surface area contributed by atoms with Gasteiger partial charge in [0.05, 0.1) is 4.92 Å². The minimum absolute atomic E-state index is 0.110. The predicted octanol–water partition coefficient (Wildman–Crippen LogP) is 1.65. The number of rotatable bonds is 3. The molecular formula is C13H15F2N3O3. The number of halogens is 2. The van der Waals surface area contributed by atoms with Crippen molar-refractivity contribution in [2.24, 2.45) is 0 Å². The van der Waals surface area contributed by atoms with Crippen LogP contribution in [0.25, 0.3) is 0 Å².